The van der Waals surface area contributed by atoms with Gasteiger partial charge in [-0.1, -0.05) is 12.8 Å². The van der Waals surface area contributed by atoms with Gasteiger partial charge in [-0.15, -0.1) is 0 Å². The summed E-state index contributed by atoms with van der Waals surface area (Å²) in [5.41, 5.74) is 5.21. The van der Waals surface area contributed by atoms with Crippen LogP contribution in [0.4, 0.5) is 5.69 Å². The molecule has 0 spiro atoms. The average Bonchev–Trinajstić information content (AvgIpc) is 2.67. The molecule has 0 amide bonds. The van der Waals surface area contributed by atoms with E-state index in [0.29, 0.717) is 0 Å². The molecule has 1 aromatic rings. The fraction of sp³-hybridized carbons (Fsp3) is 0.500. The van der Waals surface area contributed by atoms with E-state index in [9.17, 15) is 13.5 Å². The lowest BCUT2D eigenvalue weighted by Crippen LogP contribution is -2.43. The fourth-order valence-corrected chi connectivity index (χ4v) is 3.84. The Morgan fingerprint density at radius 2 is 1.94 bits per heavy atom. The Balaban J connectivity index is 2.27. The molecule has 4 N–H and O–H groups in total. The van der Waals surface area contributed by atoms with Crippen LogP contribution in [0.1, 0.15) is 32.6 Å². The number of phenols is 1. The lowest BCUT2D eigenvalue weighted by atomic mass is 10.0. The molecule has 5 nitrogen and oxygen atoms in total. The average molecular weight is 270 g/mol. The van der Waals surface area contributed by atoms with E-state index >= 15 is 0 Å². The molecule has 2 rings (SSSR count). The molecule has 0 heterocycles. The molecule has 1 aliphatic carbocycles. The van der Waals surface area contributed by atoms with Crippen LogP contribution in [0.15, 0.2) is 23.1 Å². The van der Waals surface area contributed by atoms with E-state index in [1.165, 1.54) is 18.2 Å². The first-order valence-electron chi connectivity index (χ1n) is 5.95. The van der Waals surface area contributed by atoms with Crippen molar-refractivity contribution in [2.45, 2.75) is 43.0 Å². The van der Waals surface area contributed by atoms with Crippen LogP contribution in [-0.4, -0.2) is 19.1 Å². The maximum atomic E-state index is 12.2. The van der Waals surface area contributed by atoms with Crippen LogP contribution in [0.25, 0.3) is 0 Å². The lowest BCUT2D eigenvalue weighted by molar-refractivity contribution is 0.427. The summed E-state index contributed by atoms with van der Waals surface area (Å²) in [5.74, 6) is -0.110. The minimum absolute atomic E-state index is 0.0643. The Labute approximate surface area is 107 Å². The summed E-state index contributed by atoms with van der Waals surface area (Å²) in [6.07, 6.45) is 3.77. The van der Waals surface area contributed by atoms with Crippen LogP contribution in [0.2, 0.25) is 0 Å². The predicted molar refractivity (Wildman–Crippen MR) is 69.7 cm³/mol. The van der Waals surface area contributed by atoms with Gasteiger partial charge in [0.15, 0.2) is 0 Å². The first-order valence-corrected chi connectivity index (χ1v) is 7.43. The van der Waals surface area contributed by atoms with Crippen LogP contribution in [-0.2, 0) is 10.0 Å². The summed E-state index contributed by atoms with van der Waals surface area (Å²) in [5, 5.41) is 9.30. The minimum Gasteiger partial charge on any atom is -0.506 e. The number of anilines is 1. The van der Waals surface area contributed by atoms with E-state index in [0.717, 1.165) is 25.7 Å². The lowest BCUT2D eigenvalue weighted by Gasteiger charge is -2.25. The second-order valence-corrected chi connectivity index (χ2v) is 6.78. The second kappa shape index (κ2) is 4.44. The van der Waals surface area contributed by atoms with Crippen LogP contribution in [0.5, 0.6) is 5.75 Å². The summed E-state index contributed by atoms with van der Waals surface area (Å²) >= 11 is 0. The molecule has 6 heteroatoms. The third-order valence-electron chi connectivity index (χ3n) is 3.40. The number of nitrogens with two attached hydrogens (primary N) is 1. The summed E-state index contributed by atoms with van der Waals surface area (Å²) < 4.78 is 27.1. The third-order valence-corrected chi connectivity index (χ3v) is 5.03. The van der Waals surface area contributed by atoms with Gasteiger partial charge in [-0.05, 0) is 38.0 Å². The van der Waals surface area contributed by atoms with Gasteiger partial charge in [-0.25, -0.2) is 13.1 Å². The van der Waals surface area contributed by atoms with Gasteiger partial charge >= 0.3 is 0 Å². The number of hydrogen-bond donors (Lipinski definition) is 3. The number of aromatic hydroxyl groups is 1. The summed E-state index contributed by atoms with van der Waals surface area (Å²) in [6.45, 7) is 1.92. The summed E-state index contributed by atoms with van der Waals surface area (Å²) in [7, 11) is -3.58. The van der Waals surface area contributed by atoms with Crippen molar-refractivity contribution >= 4 is 15.7 Å². The molecular formula is C12H18N2O3S. The topological polar surface area (TPSA) is 92.4 Å². The van der Waals surface area contributed by atoms with Gasteiger partial charge in [0.05, 0.1) is 10.6 Å². The van der Waals surface area contributed by atoms with Crippen LogP contribution < -0.4 is 10.5 Å². The first kappa shape index (κ1) is 13.2. The van der Waals surface area contributed by atoms with E-state index < -0.39 is 10.0 Å². The molecule has 0 radical (unpaired) electrons. The number of benzene rings is 1. The first-order chi connectivity index (χ1) is 8.32. The van der Waals surface area contributed by atoms with Gasteiger partial charge < -0.3 is 10.8 Å². The van der Waals surface area contributed by atoms with Crippen molar-refractivity contribution in [3.05, 3.63) is 18.2 Å². The molecule has 1 saturated carbocycles. The number of hydrogen-bond acceptors (Lipinski definition) is 4. The van der Waals surface area contributed by atoms with Crippen LogP contribution >= 0.6 is 0 Å². The molecule has 1 aromatic carbocycles. The Morgan fingerprint density at radius 3 is 2.50 bits per heavy atom. The van der Waals surface area contributed by atoms with Gasteiger partial charge in [0.1, 0.15) is 5.75 Å². The maximum Gasteiger partial charge on any atom is 0.241 e. The van der Waals surface area contributed by atoms with Crippen molar-refractivity contribution in [3.63, 3.8) is 0 Å². The fourth-order valence-electron chi connectivity index (χ4n) is 2.34. The van der Waals surface area contributed by atoms with Crippen LogP contribution in [0.3, 0.4) is 0 Å². The molecule has 1 fully saturated rings. The molecule has 0 bridgehead atoms. The van der Waals surface area contributed by atoms with Gasteiger partial charge in [-0.2, -0.15) is 0 Å². The number of phenolic OH excluding ortho intramolecular Hbond substituents is 1. The molecular weight excluding hydrogens is 252 g/mol. The van der Waals surface area contributed by atoms with E-state index in [2.05, 4.69) is 4.72 Å². The Bertz CT molecular complexity index is 548. The standard InChI is InChI=1S/C12H18N2O3S/c1-12(6-2-3-7-12)14-18(16,17)9-4-5-11(15)10(13)8-9/h4-5,8,14-15H,2-3,6-7,13H2,1H3. The SMILES string of the molecule is CC1(NS(=O)(=O)c2ccc(O)c(N)c2)CCCC1. The van der Waals surface area contributed by atoms with Gasteiger partial charge in [0.2, 0.25) is 10.0 Å². The Kier molecular flexibility index (Phi) is 3.25. The predicted octanol–water partition coefficient (Wildman–Crippen LogP) is 1.59. The van der Waals surface area contributed by atoms with Crippen molar-refractivity contribution < 1.29 is 13.5 Å². The highest BCUT2D eigenvalue weighted by atomic mass is 32.2. The molecule has 18 heavy (non-hydrogen) atoms. The highest BCUT2D eigenvalue weighted by Crippen LogP contribution is 2.31. The number of sulfonamides is 1. The normalized spacial score (nSPS) is 18.9. The molecule has 0 saturated heterocycles. The smallest absolute Gasteiger partial charge is 0.241 e. The van der Waals surface area contributed by atoms with Crippen molar-refractivity contribution in [3.8, 4) is 5.75 Å². The Hall–Kier alpha value is -1.27. The van der Waals surface area contributed by atoms with E-state index in [1.807, 2.05) is 6.92 Å². The molecule has 0 aromatic heterocycles. The van der Waals surface area contributed by atoms with E-state index in [4.69, 9.17) is 5.73 Å². The highest BCUT2D eigenvalue weighted by Gasteiger charge is 2.33. The zero-order valence-corrected chi connectivity index (χ0v) is 11.1. The zero-order valence-electron chi connectivity index (χ0n) is 10.3. The van der Waals surface area contributed by atoms with Crippen molar-refractivity contribution in [1.82, 2.24) is 4.72 Å². The zero-order chi connectivity index (χ0) is 13.4. The van der Waals surface area contributed by atoms with Crippen molar-refractivity contribution in [1.29, 1.82) is 0 Å². The molecule has 100 valence electrons. The second-order valence-electron chi connectivity index (χ2n) is 5.09. The summed E-state index contributed by atoms with van der Waals surface area (Å²) in [6, 6.07) is 3.92. The minimum atomic E-state index is -3.58. The van der Waals surface area contributed by atoms with Gasteiger partial charge in [0, 0.05) is 5.54 Å². The quantitative estimate of drug-likeness (QED) is 0.574. The monoisotopic (exact) mass is 270 g/mol. The number of nitrogen functional groups attached to an aromatic ring is 1. The molecule has 0 atom stereocenters. The van der Waals surface area contributed by atoms with Gasteiger partial charge in [-0.3, -0.25) is 0 Å². The Morgan fingerprint density at radius 1 is 1.33 bits per heavy atom. The van der Waals surface area contributed by atoms with E-state index in [1.54, 1.807) is 0 Å². The highest BCUT2D eigenvalue weighted by molar-refractivity contribution is 7.89. The molecule has 0 unspecified atom stereocenters. The molecule has 0 aliphatic heterocycles. The van der Waals surface area contributed by atoms with Crippen molar-refractivity contribution in [2.24, 2.45) is 0 Å². The molecule has 1 aliphatic rings. The third kappa shape index (κ3) is 2.59. The van der Waals surface area contributed by atoms with Crippen LogP contribution in [0, 0.1) is 0 Å². The summed E-state index contributed by atoms with van der Waals surface area (Å²) in [4.78, 5) is 0.0888. The number of nitrogens with one attached hydrogen (secondary N) is 1. The maximum absolute atomic E-state index is 12.2. The van der Waals surface area contributed by atoms with Gasteiger partial charge in [0.25, 0.3) is 0 Å². The largest absolute Gasteiger partial charge is 0.506 e. The van der Waals surface area contributed by atoms with Crippen molar-refractivity contribution in [2.75, 3.05) is 5.73 Å². The number of rotatable bonds is 3. The van der Waals surface area contributed by atoms with E-state index in [-0.39, 0.29) is 21.9 Å².